The first kappa shape index (κ1) is 14.0. The maximum atomic E-state index is 12.0. The van der Waals surface area contributed by atoms with E-state index in [4.69, 9.17) is 4.74 Å². The molecular formula is C15H22N2O2. The summed E-state index contributed by atoms with van der Waals surface area (Å²) in [5.74, 6) is 1.02. The van der Waals surface area contributed by atoms with E-state index in [2.05, 4.69) is 10.2 Å². The van der Waals surface area contributed by atoms with Crippen LogP contribution in [0.2, 0.25) is 0 Å². The lowest BCUT2D eigenvalue weighted by Gasteiger charge is -2.33. The molecule has 1 saturated heterocycles. The number of nitrogens with one attached hydrogen (secondary N) is 1. The maximum absolute atomic E-state index is 12.0. The fourth-order valence-electron chi connectivity index (χ4n) is 2.58. The number of benzene rings is 1. The van der Waals surface area contributed by atoms with E-state index in [0.717, 1.165) is 37.5 Å². The Kier molecular flexibility index (Phi) is 4.93. The van der Waals surface area contributed by atoms with Crippen molar-refractivity contribution >= 4 is 5.78 Å². The van der Waals surface area contributed by atoms with Gasteiger partial charge < -0.3 is 10.1 Å². The summed E-state index contributed by atoms with van der Waals surface area (Å²) in [6.45, 7) is 7.96. The van der Waals surface area contributed by atoms with Gasteiger partial charge in [0.25, 0.3) is 0 Å². The highest BCUT2D eigenvalue weighted by Gasteiger charge is 2.26. The summed E-state index contributed by atoms with van der Waals surface area (Å²) < 4.78 is 5.52. The largest absolute Gasteiger partial charge is 0.494 e. The van der Waals surface area contributed by atoms with Crippen molar-refractivity contribution in [2.75, 3.05) is 32.8 Å². The zero-order valence-electron chi connectivity index (χ0n) is 11.7. The van der Waals surface area contributed by atoms with Crippen molar-refractivity contribution in [2.45, 2.75) is 19.9 Å². The van der Waals surface area contributed by atoms with E-state index in [1.54, 1.807) is 6.92 Å². The van der Waals surface area contributed by atoms with Crippen molar-refractivity contribution in [3.63, 3.8) is 0 Å². The summed E-state index contributed by atoms with van der Waals surface area (Å²) in [4.78, 5) is 14.2. The van der Waals surface area contributed by atoms with E-state index in [1.165, 1.54) is 0 Å². The van der Waals surface area contributed by atoms with Crippen LogP contribution in [0, 0.1) is 0 Å². The Morgan fingerprint density at radius 1 is 1.42 bits per heavy atom. The molecule has 1 aliphatic heterocycles. The van der Waals surface area contributed by atoms with Gasteiger partial charge in [0.2, 0.25) is 0 Å². The highest BCUT2D eigenvalue weighted by molar-refractivity contribution is 5.83. The number of carbonyl (C=O) groups is 1. The summed E-state index contributed by atoms with van der Waals surface area (Å²) in [7, 11) is 0. The lowest BCUT2D eigenvalue weighted by molar-refractivity contribution is -0.122. The minimum atomic E-state index is -0.150. The van der Waals surface area contributed by atoms with Gasteiger partial charge in [0.1, 0.15) is 5.75 Å². The molecule has 1 atom stereocenters. The van der Waals surface area contributed by atoms with Gasteiger partial charge in [-0.15, -0.1) is 0 Å². The van der Waals surface area contributed by atoms with E-state index in [1.807, 2.05) is 31.2 Å². The molecule has 1 aromatic rings. The molecule has 0 spiro atoms. The fourth-order valence-corrected chi connectivity index (χ4v) is 2.58. The van der Waals surface area contributed by atoms with Gasteiger partial charge in [-0.3, -0.25) is 9.69 Å². The molecule has 4 nitrogen and oxygen atoms in total. The lowest BCUT2D eigenvalue weighted by Crippen LogP contribution is -2.46. The molecule has 1 aliphatic rings. The van der Waals surface area contributed by atoms with Crippen molar-refractivity contribution in [3.05, 3.63) is 29.8 Å². The van der Waals surface area contributed by atoms with Crippen LogP contribution in [0.5, 0.6) is 5.75 Å². The van der Waals surface area contributed by atoms with Crippen molar-refractivity contribution in [1.82, 2.24) is 10.2 Å². The topological polar surface area (TPSA) is 41.6 Å². The van der Waals surface area contributed by atoms with Crippen LogP contribution in [0.25, 0.3) is 0 Å². The van der Waals surface area contributed by atoms with Gasteiger partial charge in [0.05, 0.1) is 12.6 Å². The first-order valence-corrected chi connectivity index (χ1v) is 6.90. The Morgan fingerprint density at radius 2 is 2.16 bits per heavy atom. The molecule has 4 heteroatoms. The number of carbonyl (C=O) groups excluding carboxylic acids is 1. The highest BCUT2D eigenvalue weighted by Crippen LogP contribution is 2.25. The fraction of sp³-hybridized carbons (Fsp3) is 0.533. The van der Waals surface area contributed by atoms with Crippen LogP contribution in [0.15, 0.2) is 24.3 Å². The molecule has 1 heterocycles. The molecular weight excluding hydrogens is 240 g/mol. The van der Waals surface area contributed by atoms with Gasteiger partial charge in [-0.25, -0.2) is 0 Å². The number of hydrogen-bond acceptors (Lipinski definition) is 4. The molecule has 0 aliphatic carbocycles. The number of piperazine rings is 1. The zero-order valence-corrected chi connectivity index (χ0v) is 11.7. The average molecular weight is 262 g/mol. The predicted molar refractivity (Wildman–Crippen MR) is 75.5 cm³/mol. The number of ketones is 1. The van der Waals surface area contributed by atoms with E-state index in [-0.39, 0.29) is 11.8 Å². The third kappa shape index (κ3) is 3.55. The lowest BCUT2D eigenvalue weighted by atomic mass is 10.0. The van der Waals surface area contributed by atoms with E-state index in [0.29, 0.717) is 6.61 Å². The Bertz CT molecular complexity index is 428. The Labute approximate surface area is 114 Å². The summed E-state index contributed by atoms with van der Waals surface area (Å²) in [5, 5.41) is 3.31. The van der Waals surface area contributed by atoms with Gasteiger partial charge >= 0.3 is 0 Å². The molecule has 2 rings (SSSR count). The third-order valence-corrected chi connectivity index (χ3v) is 3.39. The number of nitrogens with zero attached hydrogens (tertiary/aromatic N) is 1. The highest BCUT2D eigenvalue weighted by atomic mass is 16.5. The molecule has 0 aromatic heterocycles. The molecule has 19 heavy (non-hydrogen) atoms. The summed E-state index contributed by atoms with van der Waals surface area (Å²) in [6.07, 6.45) is 0. The molecule has 104 valence electrons. The average Bonchev–Trinajstić information content (AvgIpc) is 2.40. The molecule has 1 fully saturated rings. The van der Waals surface area contributed by atoms with Gasteiger partial charge in [-0.1, -0.05) is 12.1 Å². The molecule has 0 bridgehead atoms. The minimum Gasteiger partial charge on any atom is -0.494 e. The van der Waals surface area contributed by atoms with Crippen molar-refractivity contribution in [2.24, 2.45) is 0 Å². The van der Waals surface area contributed by atoms with Crippen LogP contribution >= 0.6 is 0 Å². The summed E-state index contributed by atoms with van der Waals surface area (Å²) >= 11 is 0. The maximum Gasteiger partial charge on any atom is 0.151 e. The first-order chi connectivity index (χ1) is 9.22. The smallest absolute Gasteiger partial charge is 0.151 e. The second-order valence-corrected chi connectivity index (χ2v) is 4.80. The Morgan fingerprint density at radius 3 is 2.79 bits per heavy atom. The Balaban J connectivity index is 2.22. The van der Waals surface area contributed by atoms with Crippen LogP contribution in [0.4, 0.5) is 0 Å². The quantitative estimate of drug-likeness (QED) is 0.875. The SMILES string of the molecule is CCOc1cccc(C(C(C)=O)N2CCNCC2)c1. The molecule has 0 amide bonds. The van der Waals surface area contributed by atoms with Gasteiger partial charge in [-0.05, 0) is 31.5 Å². The first-order valence-electron chi connectivity index (χ1n) is 6.90. The summed E-state index contributed by atoms with van der Waals surface area (Å²) in [6, 6.07) is 7.73. The van der Waals surface area contributed by atoms with Crippen LogP contribution in [-0.2, 0) is 4.79 Å². The van der Waals surface area contributed by atoms with Gasteiger partial charge in [0.15, 0.2) is 5.78 Å². The number of rotatable bonds is 5. The Hall–Kier alpha value is -1.39. The van der Waals surface area contributed by atoms with E-state index in [9.17, 15) is 4.79 Å². The van der Waals surface area contributed by atoms with Crippen LogP contribution in [-0.4, -0.2) is 43.5 Å². The molecule has 0 radical (unpaired) electrons. The monoisotopic (exact) mass is 262 g/mol. The van der Waals surface area contributed by atoms with E-state index < -0.39 is 0 Å². The standard InChI is InChI=1S/C15H22N2O2/c1-3-19-14-6-4-5-13(11-14)15(12(2)18)17-9-7-16-8-10-17/h4-6,11,15-16H,3,7-10H2,1-2H3. The van der Waals surface area contributed by atoms with Crippen LogP contribution < -0.4 is 10.1 Å². The van der Waals surface area contributed by atoms with Gasteiger partial charge in [-0.2, -0.15) is 0 Å². The van der Waals surface area contributed by atoms with Crippen LogP contribution in [0.3, 0.4) is 0 Å². The van der Waals surface area contributed by atoms with Crippen molar-refractivity contribution < 1.29 is 9.53 Å². The molecule has 0 saturated carbocycles. The molecule has 1 N–H and O–H groups in total. The normalized spacial score (nSPS) is 18.0. The van der Waals surface area contributed by atoms with Crippen molar-refractivity contribution in [3.8, 4) is 5.75 Å². The van der Waals surface area contributed by atoms with Crippen LogP contribution in [0.1, 0.15) is 25.5 Å². The zero-order chi connectivity index (χ0) is 13.7. The third-order valence-electron chi connectivity index (χ3n) is 3.39. The molecule has 1 unspecified atom stereocenters. The second-order valence-electron chi connectivity index (χ2n) is 4.80. The van der Waals surface area contributed by atoms with Crippen molar-refractivity contribution in [1.29, 1.82) is 0 Å². The van der Waals surface area contributed by atoms with Gasteiger partial charge in [0, 0.05) is 26.2 Å². The summed E-state index contributed by atoms with van der Waals surface area (Å²) in [5.41, 5.74) is 1.03. The minimum absolute atomic E-state index is 0.150. The molecule has 1 aromatic carbocycles. The predicted octanol–water partition coefficient (Wildman–Crippen LogP) is 1.62. The number of Topliss-reactive ketones (excluding diaryl/α,β-unsaturated/α-hetero) is 1. The number of hydrogen-bond donors (Lipinski definition) is 1. The van der Waals surface area contributed by atoms with E-state index >= 15 is 0 Å². The number of ether oxygens (including phenoxy) is 1. The second kappa shape index (κ2) is 6.68.